The summed E-state index contributed by atoms with van der Waals surface area (Å²) in [6.45, 7) is 1.03. The van der Waals surface area contributed by atoms with Gasteiger partial charge in [0.1, 0.15) is 0 Å². The summed E-state index contributed by atoms with van der Waals surface area (Å²) >= 11 is 0. The first-order valence-electron chi connectivity index (χ1n) is 5.00. The lowest BCUT2D eigenvalue weighted by atomic mass is 9.86. The van der Waals surface area contributed by atoms with E-state index in [1.807, 2.05) is 6.20 Å². The van der Waals surface area contributed by atoms with E-state index in [4.69, 9.17) is 0 Å². The number of hydrogen-bond acceptors (Lipinski definition) is 2. The molecule has 1 spiro atoms. The number of H-pyrrole nitrogens is 1. The Morgan fingerprint density at radius 3 is 3.29 bits per heavy atom. The summed E-state index contributed by atoms with van der Waals surface area (Å²) in [7, 11) is 0. The van der Waals surface area contributed by atoms with Crippen molar-refractivity contribution in [3.8, 4) is 0 Å². The third kappa shape index (κ3) is 0.523. The van der Waals surface area contributed by atoms with E-state index >= 15 is 0 Å². The molecule has 1 aromatic heterocycles. The second-order valence-corrected chi connectivity index (χ2v) is 4.44. The Kier molecular flexibility index (Phi) is 0.884. The number of aromatic nitrogens is 1. The van der Waals surface area contributed by atoms with Gasteiger partial charge in [-0.15, -0.1) is 0 Å². The molecule has 0 amide bonds. The van der Waals surface area contributed by atoms with Crippen LogP contribution in [-0.2, 0) is 5.41 Å². The lowest BCUT2D eigenvalue weighted by molar-refractivity contribution is 0.103. The molecule has 1 saturated carbocycles. The number of hydrogen-bond donors (Lipinski definition) is 2. The molecule has 2 aliphatic carbocycles. The number of allylic oxidation sites excluding steroid dienone is 2. The summed E-state index contributed by atoms with van der Waals surface area (Å²) in [5, 5.41) is 3.34. The Hall–Kier alpha value is -1.51. The average Bonchev–Trinajstić information content (AvgIpc) is 2.62. The lowest BCUT2D eigenvalue weighted by Gasteiger charge is -2.20. The van der Waals surface area contributed by atoms with Gasteiger partial charge in [0.05, 0.1) is 5.69 Å². The third-order valence-corrected chi connectivity index (χ3v) is 3.87. The molecule has 1 aromatic rings. The van der Waals surface area contributed by atoms with Crippen LogP contribution in [0.2, 0.25) is 0 Å². The van der Waals surface area contributed by atoms with Gasteiger partial charge in [-0.1, -0.05) is 0 Å². The molecular weight excluding hydrogens is 176 g/mol. The molecular formula is C11H10N2O. The quantitative estimate of drug-likeness (QED) is 0.633. The molecule has 0 aromatic carbocycles. The van der Waals surface area contributed by atoms with E-state index in [0.717, 1.165) is 23.9 Å². The predicted octanol–water partition coefficient (Wildman–Crippen LogP) is 0.956. The van der Waals surface area contributed by atoms with Gasteiger partial charge in [-0.2, -0.15) is 0 Å². The minimum Gasteiger partial charge on any atom is -0.387 e. The maximum absolute atomic E-state index is 11.7. The fourth-order valence-corrected chi connectivity index (χ4v) is 3.10. The standard InChI is InChI=1S/C11H10N2O/c14-8-3-9-11(4-6(11)5-13-9)7-1-2-12-10(7)8/h1-3,6,12-13H,4-5H2/t6-,11-/m1/s1. The van der Waals surface area contributed by atoms with Gasteiger partial charge < -0.3 is 10.3 Å². The van der Waals surface area contributed by atoms with E-state index in [1.54, 1.807) is 6.08 Å². The monoisotopic (exact) mass is 186 g/mol. The second-order valence-electron chi connectivity index (χ2n) is 4.44. The summed E-state index contributed by atoms with van der Waals surface area (Å²) in [6.07, 6.45) is 4.86. The zero-order chi connectivity index (χ0) is 9.34. The molecule has 2 atom stereocenters. The van der Waals surface area contributed by atoms with Crippen LogP contribution in [0, 0.1) is 5.92 Å². The number of rotatable bonds is 0. The van der Waals surface area contributed by atoms with Gasteiger partial charge in [-0.25, -0.2) is 0 Å². The van der Waals surface area contributed by atoms with E-state index < -0.39 is 0 Å². The van der Waals surface area contributed by atoms with Crippen molar-refractivity contribution < 1.29 is 4.79 Å². The molecule has 14 heavy (non-hydrogen) atoms. The van der Waals surface area contributed by atoms with Gasteiger partial charge in [0.25, 0.3) is 0 Å². The van der Waals surface area contributed by atoms with Crippen molar-refractivity contribution in [3.05, 3.63) is 35.3 Å². The normalized spacial score (nSPS) is 36.7. The summed E-state index contributed by atoms with van der Waals surface area (Å²) in [4.78, 5) is 14.8. The van der Waals surface area contributed by atoms with E-state index in [1.165, 1.54) is 12.0 Å². The van der Waals surface area contributed by atoms with E-state index in [0.29, 0.717) is 0 Å². The van der Waals surface area contributed by atoms with Crippen molar-refractivity contribution in [2.24, 2.45) is 5.92 Å². The van der Waals surface area contributed by atoms with Crippen LogP contribution in [-0.4, -0.2) is 17.3 Å². The largest absolute Gasteiger partial charge is 0.387 e. The fraction of sp³-hybridized carbons (Fsp3) is 0.364. The zero-order valence-corrected chi connectivity index (χ0v) is 7.63. The maximum Gasteiger partial charge on any atom is 0.204 e. The molecule has 3 nitrogen and oxygen atoms in total. The van der Waals surface area contributed by atoms with Crippen LogP contribution in [0.4, 0.5) is 0 Å². The minimum absolute atomic E-state index is 0.116. The zero-order valence-electron chi connectivity index (χ0n) is 7.63. The van der Waals surface area contributed by atoms with Gasteiger partial charge in [-0.3, -0.25) is 4.79 Å². The minimum atomic E-state index is 0.116. The molecule has 1 saturated heterocycles. The van der Waals surface area contributed by atoms with Crippen molar-refractivity contribution in [1.82, 2.24) is 10.3 Å². The van der Waals surface area contributed by atoms with Crippen LogP contribution < -0.4 is 5.32 Å². The van der Waals surface area contributed by atoms with Crippen molar-refractivity contribution in [2.45, 2.75) is 11.8 Å². The first-order valence-corrected chi connectivity index (χ1v) is 5.00. The van der Waals surface area contributed by atoms with E-state index in [2.05, 4.69) is 16.4 Å². The Bertz CT molecular complexity index is 485. The number of piperidine rings is 1. The SMILES string of the molecule is O=C1C=C2NC[C@H]3C[C@@]23c2cc[nH]c21. The maximum atomic E-state index is 11.7. The smallest absolute Gasteiger partial charge is 0.204 e. The molecule has 3 heteroatoms. The topological polar surface area (TPSA) is 44.9 Å². The van der Waals surface area contributed by atoms with Crippen molar-refractivity contribution >= 4 is 5.78 Å². The van der Waals surface area contributed by atoms with Crippen LogP contribution >= 0.6 is 0 Å². The lowest BCUT2D eigenvalue weighted by Crippen LogP contribution is -2.24. The van der Waals surface area contributed by atoms with Crippen LogP contribution in [0.15, 0.2) is 24.0 Å². The highest BCUT2D eigenvalue weighted by atomic mass is 16.1. The van der Waals surface area contributed by atoms with Crippen molar-refractivity contribution in [1.29, 1.82) is 0 Å². The average molecular weight is 186 g/mol. The number of carbonyl (C=O) groups excluding carboxylic acids is 1. The van der Waals surface area contributed by atoms with Crippen LogP contribution in [0.1, 0.15) is 22.5 Å². The first-order chi connectivity index (χ1) is 6.82. The Balaban J connectivity index is 2.05. The summed E-state index contributed by atoms with van der Waals surface area (Å²) in [6, 6.07) is 2.06. The molecule has 3 aliphatic rings. The molecule has 1 aliphatic heterocycles. The first kappa shape index (κ1) is 6.87. The van der Waals surface area contributed by atoms with E-state index in [-0.39, 0.29) is 11.2 Å². The van der Waals surface area contributed by atoms with Gasteiger partial charge in [0, 0.05) is 29.9 Å². The Morgan fingerprint density at radius 1 is 1.50 bits per heavy atom. The second kappa shape index (κ2) is 1.80. The number of ketones is 1. The highest BCUT2D eigenvalue weighted by Gasteiger charge is 2.64. The number of nitrogens with one attached hydrogen (secondary N) is 2. The van der Waals surface area contributed by atoms with Crippen LogP contribution in [0.25, 0.3) is 0 Å². The van der Waals surface area contributed by atoms with Gasteiger partial charge >= 0.3 is 0 Å². The molecule has 0 radical (unpaired) electrons. The number of aromatic amines is 1. The molecule has 4 rings (SSSR count). The number of fused-ring (bicyclic) bond motifs is 1. The molecule has 70 valence electrons. The highest BCUT2D eigenvalue weighted by Crippen LogP contribution is 2.63. The van der Waals surface area contributed by atoms with Gasteiger partial charge in [0.15, 0.2) is 0 Å². The fourth-order valence-electron chi connectivity index (χ4n) is 3.10. The third-order valence-electron chi connectivity index (χ3n) is 3.87. The number of carbonyl (C=O) groups is 1. The summed E-state index contributed by atoms with van der Waals surface area (Å²) in [5.74, 6) is 0.835. The van der Waals surface area contributed by atoms with Crippen LogP contribution in [0.5, 0.6) is 0 Å². The Labute approximate surface area is 81.2 Å². The molecule has 2 heterocycles. The van der Waals surface area contributed by atoms with E-state index in [9.17, 15) is 4.79 Å². The summed E-state index contributed by atoms with van der Waals surface area (Å²) < 4.78 is 0. The Morgan fingerprint density at radius 2 is 2.43 bits per heavy atom. The van der Waals surface area contributed by atoms with Crippen molar-refractivity contribution in [2.75, 3.05) is 6.54 Å². The molecule has 2 fully saturated rings. The van der Waals surface area contributed by atoms with Gasteiger partial charge in [-0.05, 0) is 24.0 Å². The molecule has 0 bridgehead atoms. The predicted molar refractivity (Wildman–Crippen MR) is 51.0 cm³/mol. The van der Waals surface area contributed by atoms with Gasteiger partial charge in [0.2, 0.25) is 5.78 Å². The molecule has 0 unspecified atom stereocenters. The highest BCUT2D eigenvalue weighted by molar-refractivity contribution is 6.07. The van der Waals surface area contributed by atoms with Crippen LogP contribution in [0.3, 0.4) is 0 Å². The molecule has 2 N–H and O–H groups in total. The van der Waals surface area contributed by atoms with Crippen molar-refractivity contribution in [3.63, 3.8) is 0 Å². The summed E-state index contributed by atoms with van der Waals surface area (Å²) in [5.41, 5.74) is 3.37.